The van der Waals surface area contributed by atoms with Crippen molar-refractivity contribution in [1.29, 1.82) is 0 Å². The molecule has 3 heteroatoms. The molecule has 1 aromatic carbocycles. The summed E-state index contributed by atoms with van der Waals surface area (Å²) in [6.45, 7) is 0.813. The number of nitrogens with two attached hydrogens (primary N) is 1. The van der Waals surface area contributed by atoms with Crippen LogP contribution >= 0.6 is 11.8 Å². The molecule has 84 valence electrons. The molecule has 1 rings (SSSR count). The SMILES string of the molecule is COc1ccc(SCCCCCN)cc1. The maximum absolute atomic E-state index is 5.43. The molecule has 0 aliphatic carbocycles. The highest BCUT2D eigenvalue weighted by Crippen LogP contribution is 2.22. The second kappa shape index (κ2) is 7.60. The summed E-state index contributed by atoms with van der Waals surface area (Å²) in [7, 11) is 1.69. The van der Waals surface area contributed by atoms with Crippen molar-refractivity contribution in [1.82, 2.24) is 0 Å². The van der Waals surface area contributed by atoms with E-state index < -0.39 is 0 Å². The molecular formula is C12H19NOS. The first kappa shape index (κ1) is 12.4. The standard InChI is InChI=1S/C12H19NOS/c1-14-11-5-7-12(8-6-11)15-10-4-2-3-9-13/h5-8H,2-4,9-10,13H2,1H3. The van der Waals surface area contributed by atoms with E-state index in [2.05, 4.69) is 12.1 Å². The number of unbranched alkanes of at least 4 members (excludes halogenated alkanes) is 2. The molecule has 2 N–H and O–H groups in total. The van der Waals surface area contributed by atoms with Gasteiger partial charge in [-0.05, 0) is 49.4 Å². The first-order valence-corrected chi connectivity index (χ1v) is 6.32. The summed E-state index contributed by atoms with van der Waals surface area (Å²) in [5, 5.41) is 0. The summed E-state index contributed by atoms with van der Waals surface area (Å²) in [6, 6.07) is 8.21. The minimum absolute atomic E-state index is 0.813. The third-order valence-electron chi connectivity index (χ3n) is 2.18. The van der Waals surface area contributed by atoms with Gasteiger partial charge >= 0.3 is 0 Å². The summed E-state index contributed by atoms with van der Waals surface area (Å²) in [5.41, 5.74) is 5.43. The molecule has 0 amide bonds. The normalized spacial score (nSPS) is 10.3. The molecule has 15 heavy (non-hydrogen) atoms. The van der Waals surface area contributed by atoms with Crippen LogP contribution in [-0.2, 0) is 0 Å². The summed E-state index contributed by atoms with van der Waals surface area (Å²) >= 11 is 1.89. The molecule has 2 nitrogen and oxygen atoms in total. The van der Waals surface area contributed by atoms with Gasteiger partial charge in [0, 0.05) is 4.90 Å². The Morgan fingerprint density at radius 3 is 2.47 bits per heavy atom. The van der Waals surface area contributed by atoms with Crippen LogP contribution < -0.4 is 10.5 Å². The van der Waals surface area contributed by atoms with Crippen molar-refractivity contribution in [3.05, 3.63) is 24.3 Å². The van der Waals surface area contributed by atoms with Crippen LogP contribution in [0.4, 0.5) is 0 Å². The summed E-state index contributed by atoms with van der Waals surface area (Å²) in [5.74, 6) is 2.09. The lowest BCUT2D eigenvalue weighted by molar-refractivity contribution is 0.414. The van der Waals surface area contributed by atoms with Crippen LogP contribution in [0.2, 0.25) is 0 Å². The van der Waals surface area contributed by atoms with Crippen LogP contribution in [0.25, 0.3) is 0 Å². The quantitative estimate of drug-likeness (QED) is 0.572. The van der Waals surface area contributed by atoms with Gasteiger partial charge < -0.3 is 10.5 Å². The molecule has 0 spiro atoms. The van der Waals surface area contributed by atoms with E-state index in [9.17, 15) is 0 Å². The van der Waals surface area contributed by atoms with Gasteiger partial charge in [-0.3, -0.25) is 0 Å². The van der Waals surface area contributed by atoms with E-state index in [1.54, 1.807) is 7.11 Å². The third kappa shape index (κ3) is 5.09. The first-order valence-electron chi connectivity index (χ1n) is 5.33. The summed E-state index contributed by atoms with van der Waals surface area (Å²) in [4.78, 5) is 1.31. The largest absolute Gasteiger partial charge is 0.497 e. The van der Waals surface area contributed by atoms with E-state index in [-0.39, 0.29) is 0 Å². The molecule has 1 aromatic rings. The average Bonchev–Trinajstić information content (AvgIpc) is 2.30. The lowest BCUT2D eigenvalue weighted by Gasteiger charge is -2.03. The molecule has 0 atom stereocenters. The fourth-order valence-corrected chi connectivity index (χ4v) is 2.20. The second-order valence-corrected chi connectivity index (χ2v) is 4.54. The average molecular weight is 225 g/mol. The highest BCUT2D eigenvalue weighted by atomic mass is 32.2. The molecule has 0 aromatic heterocycles. The Morgan fingerprint density at radius 1 is 1.13 bits per heavy atom. The zero-order valence-corrected chi connectivity index (χ0v) is 10.1. The van der Waals surface area contributed by atoms with Crippen molar-refractivity contribution in [3.8, 4) is 5.75 Å². The van der Waals surface area contributed by atoms with E-state index >= 15 is 0 Å². The van der Waals surface area contributed by atoms with E-state index in [0.29, 0.717) is 0 Å². The summed E-state index contributed by atoms with van der Waals surface area (Å²) in [6.07, 6.45) is 3.62. The Kier molecular flexibility index (Phi) is 6.28. The van der Waals surface area contributed by atoms with E-state index in [1.807, 2.05) is 23.9 Å². The molecule has 0 fully saturated rings. The number of hydrogen-bond donors (Lipinski definition) is 1. The van der Waals surface area contributed by atoms with Crippen molar-refractivity contribution < 1.29 is 4.74 Å². The van der Waals surface area contributed by atoms with Gasteiger partial charge in [0.2, 0.25) is 0 Å². The fraction of sp³-hybridized carbons (Fsp3) is 0.500. The van der Waals surface area contributed by atoms with E-state index in [0.717, 1.165) is 18.7 Å². The van der Waals surface area contributed by atoms with Gasteiger partial charge in [0.05, 0.1) is 7.11 Å². The molecule has 0 saturated heterocycles. The first-order chi connectivity index (χ1) is 7.36. The van der Waals surface area contributed by atoms with Crippen LogP contribution in [0.5, 0.6) is 5.75 Å². The van der Waals surface area contributed by atoms with Crippen molar-refractivity contribution in [2.75, 3.05) is 19.4 Å². The smallest absolute Gasteiger partial charge is 0.118 e. The van der Waals surface area contributed by atoms with Gasteiger partial charge in [-0.1, -0.05) is 6.42 Å². The predicted molar refractivity (Wildman–Crippen MR) is 66.6 cm³/mol. The highest BCUT2D eigenvalue weighted by Gasteiger charge is 1.95. The Labute approximate surface area is 96.2 Å². The van der Waals surface area contributed by atoms with Crippen LogP contribution in [0.15, 0.2) is 29.2 Å². The molecule has 0 heterocycles. The Bertz CT molecular complexity index is 261. The minimum Gasteiger partial charge on any atom is -0.497 e. The number of methoxy groups -OCH3 is 1. The van der Waals surface area contributed by atoms with E-state index in [1.165, 1.54) is 23.5 Å². The predicted octanol–water partition coefficient (Wildman–Crippen LogP) is 2.92. The molecular weight excluding hydrogens is 206 g/mol. The molecule has 0 saturated carbocycles. The topological polar surface area (TPSA) is 35.2 Å². The molecule has 0 aliphatic heterocycles. The minimum atomic E-state index is 0.813. The molecule has 0 aliphatic rings. The molecule has 0 unspecified atom stereocenters. The van der Waals surface area contributed by atoms with Crippen LogP contribution in [-0.4, -0.2) is 19.4 Å². The zero-order chi connectivity index (χ0) is 10.9. The number of hydrogen-bond acceptors (Lipinski definition) is 3. The van der Waals surface area contributed by atoms with Crippen molar-refractivity contribution >= 4 is 11.8 Å². The van der Waals surface area contributed by atoms with Crippen molar-refractivity contribution in [3.63, 3.8) is 0 Å². The lowest BCUT2D eigenvalue weighted by Crippen LogP contribution is -1.97. The second-order valence-electron chi connectivity index (χ2n) is 3.37. The fourth-order valence-electron chi connectivity index (χ4n) is 1.29. The van der Waals surface area contributed by atoms with Gasteiger partial charge in [-0.2, -0.15) is 0 Å². The monoisotopic (exact) mass is 225 g/mol. The van der Waals surface area contributed by atoms with Gasteiger partial charge in [-0.25, -0.2) is 0 Å². The third-order valence-corrected chi connectivity index (χ3v) is 3.27. The van der Waals surface area contributed by atoms with Crippen LogP contribution in [0.1, 0.15) is 19.3 Å². The van der Waals surface area contributed by atoms with Crippen molar-refractivity contribution in [2.45, 2.75) is 24.2 Å². The Hall–Kier alpha value is -0.670. The van der Waals surface area contributed by atoms with Crippen molar-refractivity contribution in [2.24, 2.45) is 5.73 Å². The molecule has 0 bridgehead atoms. The summed E-state index contributed by atoms with van der Waals surface area (Å²) < 4.78 is 5.10. The Morgan fingerprint density at radius 2 is 1.87 bits per heavy atom. The van der Waals surface area contributed by atoms with Gasteiger partial charge in [0.25, 0.3) is 0 Å². The maximum Gasteiger partial charge on any atom is 0.118 e. The lowest BCUT2D eigenvalue weighted by atomic mass is 10.2. The number of thioether (sulfide) groups is 1. The van der Waals surface area contributed by atoms with Gasteiger partial charge in [0.15, 0.2) is 0 Å². The molecule has 0 radical (unpaired) electrons. The van der Waals surface area contributed by atoms with E-state index in [4.69, 9.17) is 10.5 Å². The highest BCUT2D eigenvalue weighted by molar-refractivity contribution is 7.99. The van der Waals surface area contributed by atoms with Gasteiger partial charge in [0.1, 0.15) is 5.75 Å². The van der Waals surface area contributed by atoms with Gasteiger partial charge in [-0.15, -0.1) is 11.8 Å². The number of benzene rings is 1. The Balaban J connectivity index is 2.20. The zero-order valence-electron chi connectivity index (χ0n) is 9.24. The van der Waals surface area contributed by atoms with Crippen LogP contribution in [0, 0.1) is 0 Å². The van der Waals surface area contributed by atoms with Crippen LogP contribution in [0.3, 0.4) is 0 Å². The number of ether oxygens (including phenoxy) is 1. The number of rotatable bonds is 7. The maximum atomic E-state index is 5.43.